The van der Waals surface area contributed by atoms with Crippen molar-refractivity contribution >= 4 is 10.1 Å². The van der Waals surface area contributed by atoms with Gasteiger partial charge in [0.25, 0.3) is 0 Å². The van der Waals surface area contributed by atoms with E-state index in [1.165, 1.54) is 6.26 Å². The Morgan fingerprint density at radius 3 is 2.78 bits per heavy atom. The van der Waals surface area contributed by atoms with Crippen LogP contribution in [-0.2, 0) is 16.7 Å². The minimum absolute atomic E-state index is 0.243. The van der Waals surface area contributed by atoms with Gasteiger partial charge in [-0.15, -0.1) is 0 Å². The standard InChI is InChI=1S/C10H11N3O4S/c14-18(15,16)7-1-4-13-5-2-9(8-11-13)10-3-6-17-12-10/h2-3,5-6,8H,1,4,7H2. The molecule has 2 aromatic rings. The minimum atomic E-state index is -4.15. The molecule has 0 aliphatic heterocycles. The second kappa shape index (κ2) is 5.23. The van der Waals surface area contributed by atoms with Gasteiger partial charge < -0.3 is 9.08 Å². The van der Waals surface area contributed by atoms with Crippen molar-refractivity contribution in [1.29, 1.82) is 0 Å². The molecule has 2 rings (SSSR count). The summed E-state index contributed by atoms with van der Waals surface area (Å²) in [6.45, 7) is 0.376. The Hall–Kier alpha value is -1.80. The predicted octanol–water partition coefficient (Wildman–Crippen LogP) is -0.0406. The van der Waals surface area contributed by atoms with Crippen LogP contribution in [0, 0.1) is 0 Å². The first kappa shape index (κ1) is 12.7. The van der Waals surface area contributed by atoms with Gasteiger partial charge in [-0.3, -0.25) is 0 Å². The molecule has 0 bridgehead atoms. The highest BCUT2D eigenvalue weighted by Gasteiger charge is 2.07. The molecule has 0 saturated carbocycles. The highest BCUT2D eigenvalue weighted by molar-refractivity contribution is 7.85. The smallest absolute Gasteiger partial charge is 0.196 e. The lowest BCUT2D eigenvalue weighted by molar-refractivity contribution is -0.753. The molecule has 8 heteroatoms. The first-order valence-corrected chi connectivity index (χ1v) is 6.82. The van der Waals surface area contributed by atoms with Crippen LogP contribution in [0.15, 0.2) is 35.3 Å². The Balaban J connectivity index is 1.96. The molecule has 0 N–H and O–H groups in total. The van der Waals surface area contributed by atoms with E-state index in [1.54, 1.807) is 29.2 Å². The molecule has 0 amide bonds. The summed E-state index contributed by atoms with van der Waals surface area (Å²) in [5, 5.41) is 7.86. The summed E-state index contributed by atoms with van der Waals surface area (Å²) in [4.78, 5) is 0. The van der Waals surface area contributed by atoms with Crippen LogP contribution in [-0.4, -0.2) is 29.0 Å². The zero-order chi connectivity index (χ0) is 13.0. The monoisotopic (exact) mass is 269 g/mol. The van der Waals surface area contributed by atoms with Crippen LogP contribution in [0.25, 0.3) is 11.3 Å². The molecule has 0 atom stereocenters. The van der Waals surface area contributed by atoms with Gasteiger partial charge in [-0.05, 0) is 5.10 Å². The number of hydrogen-bond acceptors (Lipinski definition) is 6. The fraction of sp³-hybridized carbons (Fsp3) is 0.300. The van der Waals surface area contributed by atoms with Crippen molar-refractivity contribution in [1.82, 2.24) is 10.3 Å². The van der Waals surface area contributed by atoms with Gasteiger partial charge in [-0.2, -0.15) is 0 Å². The zero-order valence-corrected chi connectivity index (χ0v) is 10.2. The molecule has 0 fully saturated rings. The van der Waals surface area contributed by atoms with Gasteiger partial charge >= 0.3 is 0 Å². The van der Waals surface area contributed by atoms with E-state index >= 15 is 0 Å². The van der Waals surface area contributed by atoms with Crippen LogP contribution >= 0.6 is 0 Å². The van der Waals surface area contributed by atoms with E-state index in [9.17, 15) is 13.0 Å². The van der Waals surface area contributed by atoms with Crippen molar-refractivity contribution < 1.29 is 22.2 Å². The molecular formula is C10H11N3O4S. The molecule has 0 aliphatic rings. The second-order valence-electron chi connectivity index (χ2n) is 3.68. The minimum Gasteiger partial charge on any atom is -0.748 e. The van der Waals surface area contributed by atoms with E-state index in [2.05, 4.69) is 10.3 Å². The number of aryl methyl sites for hydroxylation is 1. The molecule has 0 radical (unpaired) electrons. The second-order valence-corrected chi connectivity index (χ2v) is 5.20. The summed E-state index contributed by atoms with van der Waals surface area (Å²) in [6, 6.07) is 3.50. The molecule has 2 heterocycles. The summed E-state index contributed by atoms with van der Waals surface area (Å²) in [6.07, 6.45) is 5.01. The first-order valence-electron chi connectivity index (χ1n) is 5.25. The van der Waals surface area contributed by atoms with E-state index in [0.717, 1.165) is 5.56 Å². The van der Waals surface area contributed by atoms with E-state index in [0.29, 0.717) is 12.2 Å². The van der Waals surface area contributed by atoms with E-state index in [-0.39, 0.29) is 12.2 Å². The molecule has 0 aliphatic carbocycles. The van der Waals surface area contributed by atoms with Crippen molar-refractivity contribution in [2.45, 2.75) is 13.0 Å². The van der Waals surface area contributed by atoms with Gasteiger partial charge in [-0.25, -0.2) is 8.42 Å². The summed E-state index contributed by atoms with van der Waals surface area (Å²) in [5.74, 6) is -0.382. The lowest BCUT2D eigenvalue weighted by Crippen LogP contribution is -2.38. The number of nitrogens with zero attached hydrogens (tertiary/aromatic N) is 3. The Morgan fingerprint density at radius 1 is 1.39 bits per heavy atom. The van der Waals surface area contributed by atoms with E-state index in [4.69, 9.17) is 4.52 Å². The molecule has 18 heavy (non-hydrogen) atoms. The molecule has 96 valence electrons. The largest absolute Gasteiger partial charge is 0.748 e. The van der Waals surface area contributed by atoms with Crippen molar-refractivity contribution in [3.05, 3.63) is 30.8 Å². The van der Waals surface area contributed by atoms with Crippen LogP contribution in [0.1, 0.15) is 6.42 Å². The molecule has 0 unspecified atom stereocenters. The van der Waals surface area contributed by atoms with E-state index in [1.807, 2.05) is 0 Å². The van der Waals surface area contributed by atoms with Gasteiger partial charge in [0.15, 0.2) is 12.7 Å². The van der Waals surface area contributed by atoms with Crippen LogP contribution in [0.3, 0.4) is 0 Å². The summed E-state index contributed by atoms with van der Waals surface area (Å²) < 4.78 is 37.6. The third-order valence-corrected chi connectivity index (χ3v) is 3.08. The van der Waals surface area contributed by atoms with Crippen LogP contribution in [0.4, 0.5) is 0 Å². The summed E-state index contributed by atoms with van der Waals surface area (Å²) >= 11 is 0. The van der Waals surface area contributed by atoms with E-state index < -0.39 is 10.1 Å². The summed E-state index contributed by atoms with van der Waals surface area (Å²) in [7, 11) is -4.15. The van der Waals surface area contributed by atoms with Crippen LogP contribution in [0.2, 0.25) is 0 Å². The normalized spacial score (nSPS) is 11.6. The quantitative estimate of drug-likeness (QED) is 0.557. The molecule has 7 nitrogen and oxygen atoms in total. The molecule has 0 saturated heterocycles. The van der Waals surface area contributed by atoms with Gasteiger partial charge in [0.2, 0.25) is 0 Å². The fourth-order valence-electron chi connectivity index (χ4n) is 1.43. The zero-order valence-electron chi connectivity index (χ0n) is 9.39. The first-order chi connectivity index (χ1) is 8.54. The predicted molar refractivity (Wildman–Crippen MR) is 59.1 cm³/mol. The van der Waals surface area contributed by atoms with Gasteiger partial charge in [0.1, 0.15) is 18.2 Å². The van der Waals surface area contributed by atoms with Crippen molar-refractivity contribution in [2.75, 3.05) is 5.75 Å². The number of aromatic nitrogens is 3. The lowest BCUT2D eigenvalue weighted by atomic mass is 10.2. The maximum Gasteiger partial charge on any atom is 0.196 e. The third-order valence-electron chi connectivity index (χ3n) is 2.29. The Morgan fingerprint density at radius 2 is 2.22 bits per heavy atom. The fourth-order valence-corrected chi connectivity index (χ4v) is 1.92. The Bertz CT molecular complexity index is 593. The van der Waals surface area contributed by atoms with Crippen molar-refractivity contribution in [3.63, 3.8) is 0 Å². The lowest BCUT2D eigenvalue weighted by Gasteiger charge is -2.03. The highest BCUT2D eigenvalue weighted by atomic mass is 32.2. The Labute approximate surface area is 104 Å². The summed E-state index contributed by atoms with van der Waals surface area (Å²) in [5.41, 5.74) is 1.48. The molecule has 0 spiro atoms. The maximum atomic E-state index is 10.4. The van der Waals surface area contributed by atoms with Gasteiger partial charge in [-0.1, -0.05) is 9.84 Å². The molecular weight excluding hydrogens is 258 g/mol. The maximum absolute atomic E-state index is 10.4. The van der Waals surface area contributed by atoms with Gasteiger partial charge in [0, 0.05) is 29.9 Å². The topological polar surface area (TPSA) is 100 Å². The van der Waals surface area contributed by atoms with Crippen molar-refractivity contribution in [2.24, 2.45) is 0 Å². The molecule has 0 aromatic carbocycles. The highest BCUT2D eigenvalue weighted by Crippen LogP contribution is 2.13. The average Bonchev–Trinajstić information content (AvgIpc) is 2.82. The number of hydrogen-bond donors (Lipinski definition) is 0. The van der Waals surface area contributed by atoms with Gasteiger partial charge in [0.05, 0.1) is 10.1 Å². The van der Waals surface area contributed by atoms with Crippen LogP contribution < -0.4 is 4.68 Å². The third kappa shape index (κ3) is 3.60. The average molecular weight is 269 g/mol. The van der Waals surface area contributed by atoms with Crippen molar-refractivity contribution in [3.8, 4) is 11.3 Å². The Kier molecular flexibility index (Phi) is 3.68. The SMILES string of the molecule is O=S(=O)([O-])CCC[n+]1ccc(-c2ccon2)cn1. The van der Waals surface area contributed by atoms with Crippen LogP contribution in [0.5, 0.6) is 0 Å². The number of rotatable bonds is 5. The molecule has 2 aromatic heterocycles.